The standard InChI is InChI=1S/C10H12BrNO2/c1-6(12)10(13)7-3-4-8(11)9(5-7)14-2/h3-6H,12H2,1-2H3. The van der Waals surface area contributed by atoms with Gasteiger partial charge in [-0.3, -0.25) is 4.79 Å². The summed E-state index contributed by atoms with van der Waals surface area (Å²) in [6.45, 7) is 1.66. The minimum absolute atomic E-state index is 0.0872. The highest BCUT2D eigenvalue weighted by molar-refractivity contribution is 9.10. The van der Waals surface area contributed by atoms with Crippen molar-refractivity contribution in [1.82, 2.24) is 0 Å². The van der Waals surface area contributed by atoms with Gasteiger partial charge in [0.1, 0.15) is 5.75 Å². The summed E-state index contributed by atoms with van der Waals surface area (Å²) in [4.78, 5) is 11.5. The molecule has 1 rings (SSSR count). The number of halogens is 1. The number of ketones is 1. The van der Waals surface area contributed by atoms with Gasteiger partial charge in [-0.05, 0) is 41.1 Å². The number of methoxy groups -OCH3 is 1. The molecule has 0 aliphatic heterocycles. The van der Waals surface area contributed by atoms with Gasteiger partial charge in [0.25, 0.3) is 0 Å². The fourth-order valence-corrected chi connectivity index (χ4v) is 1.48. The first kappa shape index (κ1) is 11.2. The maximum atomic E-state index is 11.5. The number of benzene rings is 1. The Bertz CT molecular complexity index is 350. The van der Waals surface area contributed by atoms with Crippen molar-refractivity contribution in [3.05, 3.63) is 28.2 Å². The number of hydrogen-bond acceptors (Lipinski definition) is 3. The Balaban J connectivity index is 3.06. The summed E-state index contributed by atoms with van der Waals surface area (Å²) in [5.74, 6) is 0.548. The normalized spacial score (nSPS) is 12.3. The zero-order chi connectivity index (χ0) is 10.7. The van der Waals surface area contributed by atoms with E-state index in [9.17, 15) is 4.79 Å². The molecule has 3 nitrogen and oxygen atoms in total. The predicted molar refractivity (Wildman–Crippen MR) is 58.7 cm³/mol. The average Bonchev–Trinajstić information content (AvgIpc) is 2.17. The van der Waals surface area contributed by atoms with Gasteiger partial charge in [-0.25, -0.2) is 0 Å². The molecule has 0 heterocycles. The lowest BCUT2D eigenvalue weighted by Gasteiger charge is -2.07. The molecule has 0 aromatic heterocycles. The third kappa shape index (κ3) is 2.33. The number of Topliss-reactive ketones (excluding diaryl/α,β-unsaturated/α-hetero) is 1. The quantitative estimate of drug-likeness (QED) is 0.843. The van der Waals surface area contributed by atoms with Crippen molar-refractivity contribution in [2.75, 3.05) is 7.11 Å². The highest BCUT2D eigenvalue weighted by Gasteiger charge is 2.12. The second kappa shape index (κ2) is 4.57. The van der Waals surface area contributed by atoms with Crippen LogP contribution in [0.5, 0.6) is 5.75 Å². The van der Waals surface area contributed by atoms with Gasteiger partial charge in [-0.1, -0.05) is 0 Å². The van der Waals surface area contributed by atoms with Gasteiger partial charge in [0.05, 0.1) is 17.6 Å². The summed E-state index contributed by atoms with van der Waals surface area (Å²) >= 11 is 3.31. The first-order chi connectivity index (χ1) is 6.56. The highest BCUT2D eigenvalue weighted by atomic mass is 79.9. The topological polar surface area (TPSA) is 52.3 Å². The van der Waals surface area contributed by atoms with E-state index in [1.807, 2.05) is 0 Å². The molecule has 0 radical (unpaired) electrons. The second-order valence-electron chi connectivity index (χ2n) is 3.00. The molecule has 1 unspecified atom stereocenters. The predicted octanol–water partition coefficient (Wildman–Crippen LogP) is 1.99. The van der Waals surface area contributed by atoms with Crippen molar-refractivity contribution in [1.29, 1.82) is 0 Å². The van der Waals surface area contributed by atoms with E-state index < -0.39 is 6.04 Å². The summed E-state index contributed by atoms with van der Waals surface area (Å²) in [5.41, 5.74) is 6.06. The Morgan fingerprint density at radius 1 is 1.57 bits per heavy atom. The second-order valence-corrected chi connectivity index (χ2v) is 3.86. The van der Waals surface area contributed by atoms with Crippen LogP contribution in [0.15, 0.2) is 22.7 Å². The lowest BCUT2D eigenvalue weighted by Crippen LogP contribution is -2.26. The molecule has 1 aromatic carbocycles. The lowest BCUT2D eigenvalue weighted by atomic mass is 10.1. The summed E-state index contributed by atoms with van der Waals surface area (Å²) in [6.07, 6.45) is 0. The molecule has 1 atom stereocenters. The first-order valence-electron chi connectivity index (χ1n) is 4.19. The van der Waals surface area contributed by atoms with Gasteiger partial charge < -0.3 is 10.5 Å². The molecule has 0 amide bonds. The fraction of sp³-hybridized carbons (Fsp3) is 0.300. The SMILES string of the molecule is COc1cc(C(=O)C(C)N)ccc1Br. The molecular weight excluding hydrogens is 246 g/mol. The van der Waals surface area contributed by atoms with E-state index >= 15 is 0 Å². The smallest absolute Gasteiger partial charge is 0.179 e. The molecule has 0 aliphatic rings. The van der Waals surface area contributed by atoms with Gasteiger partial charge in [0.2, 0.25) is 0 Å². The van der Waals surface area contributed by atoms with Crippen LogP contribution in [0.2, 0.25) is 0 Å². The van der Waals surface area contributed by atoms with Crippen LogP contribution in [0.25, 0.3) is 0 Å². The maximum Gasteiger partial charge on any atom is 0.179 e. The number of rotatable bonds is 3. The van der Waals surface area contributed by atoms with Crippen LogP contribution in [-0.4, -0.2) is 18.9 Å². The first-order valence-corrected chi connectivity index (χ1v) is 4.99. The van der Waals surface area contributed by atoms with Gasteiger partial charge in [-0.15, -0.1) is 0 Å². The molecule has 0 bridgehead atoms. The van der Waals surface area contributed by atoms with Crippen molar-refractivity contribution in [2.24, 2.45) is 5.73 Å². The molecular formula is C10H12BrNO2. The van der Waals surface area contributed by atoms with E-state index in [1.165, 1.54) is 0 Å². The lowest BCUT2D eigenvalue weighted by molar-refractivity contribution is 0.0967. The summed E-state index contributed by atoms with van der Waals surface area (Å²) in [7, 11) is 1.56. The van der Waals surface area contributed by atoms with E-state index in [-0.39, 0.29) is 5.78 Å². The van der Waals surface area contributed by atoms with Crippen LogP contribution in [0, 0.1) is 0 Å². The molecule has 4 heteroatoms. The largest absolute Gasteiger partial charge is 0.496 e. The van der Waals surface area contributed by atoms with Crippen molar-refractivity contribution in [3.63, 3.8) is 0 Å². The van der Waals surface area contributed by atoms with Crippen LogP contribution in [0.1, 0.15) is 17.3 Å². The van der Waals surface area contributed by atoms with Crippen molar-refractivity contribution in [3.8, 4) is 5.75 Å². The summed E-state index contributed by atoms with van der Waals surface area (Å²) in [6, 6.07) is 4.68. The monoisotopic (exact) mass is 257 g/mol. The molecule has 2 N–H and O–H groups in total. The molecule has 0 fully saturated rings. The van der Waals surface area contributed by atoms with Crippen LogP contribution in [0.4, 0.5) is 0 Å². The number of hydrogen-bond donors (Lipinski definition) is 1. The van der Waals surface area contributed by atoms with E-state index in [4.69, 9.17) is 10.5 Å². The van der Waals surface area contributed by atoms with E-state index in [0.29, 0.717) is 11.3 Å². The highest BCUT2D eigenvalue weighted by Crippen LogP contribution is 2.25. The van der Waals surface area contributed by atoms with Crippen molar-refractivity contribution >= 4 is 21.7 Å². The van der Waals surface area contributed by atoms with E-state index in [2.05, 4.69) is 15.9 Å². The average molecular weight is 258 g/mol. The number of carbonyl (C=O) groups excluding carboxylic acids is 1. The van der Waals surface area contributed by atoms with Gasteiger partial charge >= 0.3 is 0 Å². The Labute approximate surface area is 91.4 Å². The van der Waals surface area contributed by atoms with E-state index in [1.54, 1.807) is 32.2 Å². The van der Waals surface area contributed by atoms with Crippen LogP contribution < -0.4 is 10.5 Å². The maximum absolute atomic E-state index is 11.5. The molecule has 14 heavy (non-hydrogen) atoms. The van der Waals surface area contributed by atoms with Crippen molar-refractivity contribution in [2.45, 2.75) is 13.0 Å². The molecule has 1 aromatic rings. The van der Waals surface area contributed by atoms with Gasteiger partial charge in [0.15, 0.2) is 5.78 Å². The molecule has 0 aliphatic carbocycles. The molecule has 0 spiro atoms. The van der Waals surface area contributed by atoms with Gasteiger partial charge in [0, 0.05) is 5.56 Å². The minimum atomic E-state index is -0.485. The van der Waals surface area contributed by atoms with Crippen LogP contribution >= 0.6 is 15.9 Å². The minimum Gasteiger partial charge on any atom is -0.496 e. The molecule has 76 valence electrons. The zero-order valence-corrected chi connectivity index (χ0v) is 9.67. The van der Waals surface area contributed by atoms with E-state index in [0.717, 1.165) is 4.47 Å². The zero-order valence-electron chi connectivity index (χ0n) is 8.08. The summed E-state index contributed by atoms with van der Waals surface area (Å²) in [5, 5.41) is 0. The Morgan fingerprint density at radius 3 is 2.71 bits per heavy atom. The van der Waals surface area contributed by atoms with Gasteiger partial charge in [-0.2, -0.15) is 0 Å². The Hall–Kier alpha value is -0.870. The Morgan fingerprint density at radius 2 is 2.21 bits per heavy atom. The molecule has 0 saturated heterocycles. The summed E-state index contributed by atoms with van der Waals surface area (Å²) < 4.78 is 5.90. The Kier molecular flexibility index (Phi) is 3.66. The third-order valence-electron chi connectivity index (χ3n) is 1.85. The number of nitrogens with two attached hydrogens (primary N) is 1. The van der Waals surface area contributed by atoms with Crippen LogP contribution in [0.3, 0.4) is 0 Å². The third-order valence-corrected chi connectivity index (χ3v) is 2.50. The van der Waals surface area contributed by atoms with Crippen molar-refractivity contribution < 1.29 is 9.53 Å². The number of carbonyl (C=O) groups is 1. The molecule has 0 saturated carbocycles. The fourth-order valence-electron chi connectivity index (χ4n) is 1.08. The number of ether oxygens (including phenoxy) is 1. The van der Waals surface area contributed by atoms with Crippen LogP contribution in [-0.2, 0) is 0 Å².